The van der Waals surface area contributed by atoms with Gasteiger partial charge in [-0.15, -0.1) is 0 Å². The van der Waals surface area contributed by atoms with Gasteiger partial charge in [-0.3, -0.25) is 0 Å². The Balaban J connectivity index is 2.28. The quantitative estimate of drug-likeness (QED) is 0.710. The summed E-state index contributed by atoms with van der Waals surface area (Å²) in [5.41, 5.74) is 1.79. The average Bonchev–Trinajstić information content (AvgIpc) is 2.23. The lowest BCUT2D eigenvalue weighted by molar-refractivity contribution is 0.611. The molecule has 0 unspecified atom stereocenters. The van der Waals surface area contributed by atoms with E-state index in [0.717, 1.165) is 30.6 Å². The second kappa shape index (κ2) is 6.57. The van der Waals surface area contributed by atoms with Gasteiger partial charge < -0.3 is 5.32 Å². The SMILES string of the molecule is CCCCNCCc1ccc(C)c(F)c1. The van der Waals surface area contributed by atoms with Gasteiger partial charge in [-0.25, -0.2) is 4.39 Å². The van der Waals surface area contributed by atoms with Crippen LogP contribution in [0.25, 0.3) is 0 Å². The number of hydrogen-bond acceptors (Lipinski definition) is 1. The molecule has 15 heavy (non-hydrogen) atoms. The highest BCUT2D eigenvalue weighted by molar-refractivity contribution is 5.23. The van der Waals surface area contributed by atoms with Crippen molar-refractivity contribution >= 4 is 0 Å². The first kappa shape index (κ1) is 12.2. The van der Waals surface area contributed by atoms with E-state index in [1.165, 1.54) is 12.8 Å². The van der Waals surface area contributed by atoms with Gasteiger partial charge in [0.15, 0.2) is 0 Å². The molecule has 1 nitrogen and oxygen atoms in total. The monoisotopic (exact) mass is 209 g/mol. The first-order valence-corrected chi connectivity index (χ1v) is 5.69. The maximum absolute atomic E-state index is 13.2. The average molecular weight is 209 g/mol. The van der Waals surface area contributed by atoms with Gasteiger partial charge in [0.1, 0.15) is 5.82 Å². The second-order valence-corrected chi connectivity index (χ2v) is 3.94. The third-order valence-corrected chi connectivity index (χ3v) is 2.53. The molecule has 2 heteroatoms. The fraction of sp³-hybridized carbons (Fsp3) is 0.538. The molecule has 0 saturated heterocycles. The lowest BCUT2D eigenvalue weighted by atomic mass is 10.1. The first-order chi connectivity index (χ1) is 7.24. The van der Waals surface area contributed by atoms with Crippen molar-refractivity contribution in [2.45, 2.75) is 33.1 Å². The van der Waals surface area contributed by atoms with E-state index in [9.17, 15) is 4.39 Å². The van der Waals surface area contributed by atoms with Crippen LogP contribution in [0.1, 0.15) is 30.9 Å². The molecule has 0 bridgehead atoms. The highest BCUT2D eigenvalue weighted by Gasteiger charge is 1.98. The number of rotatable bonds is 6. The summed E-state index contributed by atoms with van der Waals surface area (Å²) in [6.45, 7) is 5.96. The minimum Gasteiger partial charge on any atom is -0.316 e. The lowest BCUT2D eigenvalue weighted by Crippen LogP contribution is -2.18. The minimum atomic E-state index is -0.0962. The molecule has 0 saturated carbocycles. The molecule has 0 heterocycles. The molecule has 84 valence electrons. The summed E-state index contributed by atoms with van der Waals surface area (Å²) < 4.78 is 13.2. The van der Waals surface area contributed by atoms with Crippen molar-refractivity contribution < 1.29 is 4.39 Å². The molecule has 0 radical (unpaired) electrons. The van der Waals surface area contributed by atoms with Crippen LogP contribution >= 0.6 is 0 Å². The van der Waals surface area contributed by atoms with Gasteiger partial charge in [-0.05, 0) is 50.0 Å². The van der Waals surface area contributed by atoms with Crippen LogP contribution in [0.5, 0.6) is 0 Å². The molecule has 0 fully saturated rings. The van der Waals surface area contributed by atoms with E-state index in [0.29, 0.717) is 0 Å². The Hall–Kier alpha value is -0.890. The van der Waals surface area contributed by atoms with Crippen molar-refractivity contribution in [1.82, 2.24) is 5.32 Å². The van der Waals surface area contributed by atoms with Crippen molar-refractivity contribution in [3.63, 3.8) is 0 Å². The molecule has 0 spiro atoms. The fourth-order valence-electron chi connectivity index (χ4n) is 1.45. The normalized spacial score (nSPS) is 10.6. The van der Waals surface area contributed by atoms with Crippen LogP contribution in [0.4, 0.5) is 4.39 Å². The third kappa shape index (κ3) is 4.43. The largest absolute Gasteiger partial charge is 0.316 e. The third-order valence-electron chi connectivity index (χ3n) is 2.53. The number of hydrogen-bond donors (Lipinski definition) is 1. The zero-order valence-corrected chi connectivity index (χ0v) is 9.65. The molecule has 0 amide bonds. The Labute approximate surface area is 91.7 Å². The number of halogens is 1. The summed E-state index contributed by atoms with van der Waals surface area (Å²) >= 11 is 0. The smallest absolute Gasteiger partial charge is 0.126 e. The van der Waals surface area contributed by atoms with E-state index in [-0.39, 0.29) is 5.82 Å². The maximum Gasteiger partial charge on any atom is 0.126 e. The summed E-state index contributed by atoms with van der Waals surface area (Å²) in [4.78, 5) is 0. The number of benzene rings is 1. The standard InChI is InChI=1S/C13H20FN/c1-3-4-8-15-9-7-12-6-5-11(2)13(14)10-12/h5-6,10,15H,3-4,7-9H2,1-2H3. The molecule has 1 aromatic rings. The maximum atomic E-state index is 13.2. The van der Waals surface area contributed by atoms with Crippen LogP contribution in [0.3, 0.4) is 0 Å². The van der Waals surface area contributed by atoms with Crippen molar-refractivity contribution in [2.75, 3.05) is 13.1 Å². The highest BCUT2D eigenvalue weighted by atomic mass is 19.1. The fourth-order valence-corrected chi connectivity index (χ4v) is 1.45. The zero-order valence-electron chi connectivity index (χ0n) is 9.65. The van der Waals surface area contributed by atoms with Crippen LogP contribution < -0.4 is 5.32 Å². The Morgan fingerprint density at radius 1 is 1.27 bits per heavy atom. The Morgan fingerprint density at radius 2 is 2.07 bits per heavy atom. The molecule has 1 rings (SSSR count). The van der Waals surface area contributed by atoms with Gasteiger partial charge >= 0.3 is 0 Å². The highest BCUT2D eigenvalue weighted by Crippen LogP contribution is 2.09. The molecule has 0 aliphatic carbocycles. The Kier molecular flexibility index (Phi) is 5.33. The first-order valence-electron chi connectivity index (χ1n) is 5.69. The summed E-state index contributed by atoms with van der Waals surface area (Å²) in [5, 5.41) is 3.35. The van der Waals surface area contributed by atoms with Gasteiger partial charge in [0, 0.05) is 0 Å². The molecule has 0 aliphatic heterocycles. The molecular formula is C13H20FN. The van der Waals surface area contributed by atoms with E-state index in [1.54, 1.807) is 13.0 Å². The summed E-state index contributed by atoms with van der Waals surface area (Å²) in [6.07, 6.45) is 3.33. The topological polar surface area (TPSA) is 12.0 Å². The molecule has 0 aromatic heterocycles. The minimum absolute atomic E-state index is 0.0962. The van der Waals surface area contributed by atoms with E-state index in [1.807, 2.05) is 12.1 Å². The van der Waals surface area contributed by atoms with Gasteiger partial charge in [0.2, 0.25) is 0 Å². The molecule has 1 aromatic carbocycles. The summed E-state index contributed by atoms with van der Waals surface area (Å²) in [7, 11) is 0. The van der Waals surface area contributed by atoms with E-state index in [4.69, 9.17) is 0 Å². The predicted octanol–water partition coefficient (Wildman–Crippen LogP) is 3.07. The van der Waals surface area contributed by atoms with E-state index < -0.39 is 0 Å². The van der Waals surface area contributed by atoms with E-state index in [2.05, 4.69) is 12.2 Å². The number of nitrogens with one attached hydrogen (secondary N) is 1. The van der Waals surface area contributed by atoms with Crippen LogP contribution in [0.15, 0.2) is 18.2 Å². The van der Waals surface area contributed by atoms with Gasteiger partial charge in [0.05, 0.1) is 0 Å². The van der Waals surface area contributed by atoms with Gasteiger partial charge in [0.25, 0.3) is 0 Å². The van der Waals surface area contributed by atoms with Gasteiger partial charge in [-0.2, -0.15) is 0 Å². The zero-order chi connectivity index (χ0) is 11.1. The van der Waals surface area contributed by atoms with Crippen molar-refractivity contribution in [3.05, 3.63) is 35.1 Å². The number of unbranched alkanes of at least 4 members (excludes halogenated alkanes) is 1. The Morgan fingerprint density at radius 3 is 2.73 bits per heavy atom. The van der Waals surface area contributed by atoms with Gasteiger partial charge in [-0.1, -0.05) is 25.5 Å². The van der Waals surface area contributed by atoms with Crippen LogP contribution in [0.2, 0.25) is 0 Å². The summed E-state index contributed by atoms with van der Waals surface area (Å²) in [6, 6.07) is 5.48. The number of aryl methyl sites for hydroxylation is 1. The van der Waals surface area contributed by atoms with Crippen LogP contribution in [0, 0.1) is 12.7 Å². The van der Waals surface area contributed by atoms with Crippen LogP contribution in [-0.4, -0.2) is 13.1 Å². The summed E-state index contributed by atoms with van der Waals surface area (Å²) in [5.74, 6) is -0.0962. The van der Waals surface area contributed by atoms with E-state index >= 15 is 0 Å². The van der Waals surface area contributed by atoms with Crippen molar-refractivity contribution in [1.29, 1.82) is 0 Å². The second-order valence-electron chi connectivity index (χ2n) is 3.94. The van der Waals surface area contributed by atoms with Crippen molar-refractivity contribution in [3.8, 4) is 0 Å². The van der Waals surface area contributed by atoms with Crippen LogP contribution in [-0.2, 0) is 6.42 Å². The van der Waals surface area contributed by atoms with Crippen molar-refractivity contribution in [2.24, 2.45) is 0 Å². The molecule has 0 atom stereocenters. The molecular weight excluding hydrogens is 189 g/mol. The Bertz CT molecular complexity index is 297. The molecule has 1 N–H and O–H groups in total. The predicted molar refractivity (Wildman–Crippen MR) is 62.6 cm³/mol. The lowest BCUT2D eigenvalue weighted by Gasteiger charge is -2.05. The molecule has 0 aliphatic rings.